The van der Waals surface area contributed by atoms with Crippen molar-refractivity contribution in [3.63, 3.8) is 0 Å². The summed E-state index contributed by atoms with van der Waals surface area (Å²) in [6.07, 6.45) is 0.555. The maximum absolute atomic E-state index is 11.7. The second-order valence-corrected chi connectivity index (χ2v) is 5.26. The molecule has 1 aromatic rings. The molecular formula is C11H14ClNO2S. The van der Waals surface area contributed by atoms with E-state index in [2.05, 4.69) is 5.32 Å². The van der Waals surface area contributed by atoms with Crippen molar-refractivity contribution in [3.8, 4) is 0 Å². The molecule has 16 heavy (non-hydrogen) atoms. The number of hydrogen-bond donors (Lipinski definition) is 1. The number of nitrogens with one attached hydrogen (secondary N) is 1. The van der Waals surface area contributed by atoms with Crippen molar-refractivity contribution in [2.24, 2.45) is 5.92 Å². The molecule has 0 fully saturated rings. The lowest BCUT2D eigenvalue weighted by Crippen LogP contribution is -2.39. The zero-order chi connectivity index (χ0) is 12.1. The fourth-order valence-corrected chi connectivity index (χ4v) is 2.09. The fourth-order valence-electron chi connectivity index (χ4n) is 1.32. The summed E-state index contributed by atoms with van der Waals surface area (Å²) in [5.74, 6) is 0.0611. The number of carbonyl (C=O) groups is 2. The molecule has 0 saturated carbocycles. The Kier molecular flexibility index (Phi) is 4.96. The summed E-state index contributed by atoms with van der Waals surface area (Å²) in [5.41, 5.74) is 0. The van der Waals surface area contributed by atoms with Crippen molar-refractivity contribution in [2.75, 3.05) is 0 Å². The first-order valence-electron chi connectivity index (χ1n) is 5.04. The third-order valence-electron chi connectivity index (χ3n) is 2.03. The average Bonchev–Trinajstić information content (AvgIpc) is 2.68. The molecule has 88 valence electrons. The number of halogens is 1. The molecule has 0 radical (unpaired) electrons. The zero-order valence-corrected chi connectivity index (χ0v) is 10.8. The van der Waals surface area contributed by atoms with E-state index in [0.29, 0.717) is 17.2 Å². The molecule has 1 unspecified atom stereocenters. The Morgan fingerprint density at radius 2 is 2.19 bits per heavy atom. The standard InChI is InChI=1S/C11H14ClNO2S/c1-7(2)6-8(10(12)14)13-11(15)9-4-3-5-16-9/h3-5,7-8H,6H2,1-2H3,(H,13,15). The van der Waals surface area contributed by atoms with Crippen LogP contribution >= 0.6 is 22.9 Å². The third-order valence-corrected chi connectivity index (χ3v) is 3.16. The van der Waals surface area contributed by atoms with Gasteiger partial charge in [-0.1, -0.05) is 19.9 Å². The first kappa shape index (κ1) is 13.2. The van der Waals surface area contributed by atoms with E-state index in [1.165, 1.54) is 11.3 Å². The maximum atomic E-state index is 11.7. The predicted octanol–water partition coefficient (Wildman–Crippen LogP) is 2.66. The average molecular weight is 260 g/mol. The van der Waals surface area contributed by atoms with Crippen molar-refractivity contribution in [1.82, 2.24) is 5.32 Å². The Hall–Kier alpha value is -0.870. The number of hydrogen-bond acceptors (Lipinski definition) is 3. The van der Waals surface area contributed by atoms with Gasteiger partial charge in [0, 0.05) is 0 Å². The Balaban J connectivity index is 2.62. The molecule has 0 saturated heterocycles. The van der Waals surface area contributed by atoms with E-state index in [1.54, 1.807) is 12.1 Å². The van der Waals surface area contributed by atoms with E-state index in [4.69, 9.17) is 11.6 Å². The molecule has 1 N–H and O–H groups in total. The van der Waals surface area contributed by atoms with Crippen LogP contribution in [0.5, 0.6) is 0 Å². The minimum absolute atomic E-state index is 0.241. The molecule has 1 amide bonds. The molecule has 1 atom stereocenters. The van der Waals surface area contributed by atoms with Gasteiger partial charge in [-0.3, -0.25) is 9.59 Å². The summed E-state index contributed by atoms with van der Waals surface area (Å²) in [6, 6.07) is 2.90. The lowest BCUT2D eigenvalue weighted by Gasteiger charge is -2.16. The molecule has 1 rings (SSSR count). The lowest BCUT2D eigenvalue weighted by atomic mass is 10.0. The van der Waals surface area contributed by atoms with Crippen molar-refractivity contribution in [1.29, 1.82) is 0 Å². The van der Waals surface area contributed by atoms with Crippen molar-refractivity contribution >= 4 is 34.1 Å². The maximum Gasteiger partial charge on any atom is 0.261 e. The Morgan fingerprint density at radius 3 is 2.62 bits per heavy atom. The first-order valence-corrected chi connectivity index (χ1v) is 6.30. The summed E-state index contributed by atoms with van der Waals surface area (Å²) in [5, 5.41) is 3.94. The van der Waals surface area contributed by atoms with Crippen LogP contribution in [0, 0.1) is 5.92 Å². The first-order chi connectivity index (χ1) is 7.50. The van der Waals surface area contributed by atoms with Gasteiger partial charge in [0.15, 0.2) is 0 Å². The third kappa shape index (κ3) is 3.94. The van der Waals surface area contributed by atoms with Crippen LogP contribution in [0.3, 0.4) is 0 Å². The van der Waals surface area contributed by atoms with E-state index >= 15 is 0 Å². The molecule has 0 bridgehead atoms. The van der Waals surface area contributed by atoms with E-state index in [-0.39, 0.29) is 5.91 Å². The predicted molar refractivity (Wildman–Crippen MR) is 65.9 cm³/mol. The van der Waals surface area contributed by atoms with Crippen LogP contribution in [0.25, 0.3) is 0 Å². The smallest absolute Gasteiger partial charge is 0.261 e. The molecule has 3 nitrogen and oxygen atoms in total. The Labute approximate surface area is 104 Å². The highest BCUT2D eigenvalue weighted by Gasteiger charge is 2.20. The molecule has 1 aromatic heterocycles. The van der Waals surface area contributed by atoms with E-state index in [0.717, 1.165) is 0 Å². The summed E-state index contributed by atoms with van der Waals surface area (Å²) < 4.78 is 0. The fraction of sp³-hybridized carbons (Fsp3) is 0.455. The Bertz CT molecular complexity index is 362. The van der Waals surface area contributed by atoms with Gasteiger partial charge in [0.1, 0.15) is 6.04 Å². The molecule has 0 aliphatic heterocycles. The van der Waals surface area contributed by atoms with E-state index in [9.17, 15) is 9.59 Å². The summed E-state index contributed by atoms with van der Waals surface area (Å²) in [4.78, 5) is 23.4. The second kappa shape index (κ2) is 6.01. The quantitative estimate of drug-likeness (QED) is 0.827. The minimum Gasteiger partial charge on any atom is -0.340 e. The number of carbonyl (C=O) groups excluding carboxylic acids is 2. The largest absolute Gasteiger partial charge is 0.340 e. The summed E-state index contributed by atoms with van der Waals surface area (Å²) in [6.45, 7) is 3.95. The number of amides is 1. The monoisotopic (exact) mass is 259 g/mol. The molecular weight excluding hydrogens is 246 g/mol. The molecule has 0 aliphatic carbocycles. The van der Waals surface area contributed by atoms with E-state index < -0.39 is 11.3 Å². The van der Waals surface area contributed by atoms with Gasteiger partial charge in [-0.25, -0.2) is 0 Å². The molecule has 1 heterocycles. The summed E-state index contributed by atoms with van der Waals surface area (Å²) >= 11 is 6.78. The van der Waals surface area contributed by atoms with Crippen LogP contribution in [0.15, 0.2) is 17.5 Å². The highest BCUT2D eigenvalue weighted by atomic mass is 35.5. The second-order valence-electron chi connectivity index (χ2n) is 3.94. The number of rotatable bonds is 5. The van der Waals surface area contributed by atoms with Gasteiger partial charge in [0.05, 0.1) is 4.88 Å². The van der Waals surface area contributed by atoms with Gasteiger partial charge in [-0.2, -0.15) is 0 Å². The Morgan fingerprint density at radius 1 is 1.50 bits per heavy atom. The van der Waals surface area contributed by atoms with Gasteiger partial charge in [0.25, 0.3) is 5.91 Å². The van der Waals surface area contributed by atoms with Crippen LogP contribution < -0.4 is 5.32 Å². The van der Waals surface area contributed by atoms with Gasteiger partial charge in [-0.15, -0.1) is 11.3 Å². The molecule has 0 aromatic carbocycles. The topological polar surface area (TPSA) is 46.2 Å². The SMILES string of the molecule is CC(C)CC(NC(=O)c1cccs1)C(=O)Cl. The lowest BCUT2D eigenvalue weighted by molar-refractivity contribution is -0.113. The molecule has 0 aliphatic rings. The van der Waals surface area contributed by atoms with Crippen LogP contribution in [0.1, 0.15) is 29.9 Å². The van der Waals surface area contributed by atoms with Crippen LogP contribution in [0.2, 0.25) is 0 Å². The van der Waals surface area contributed by atoms with Crippen LogP contribution in [0.4, 0.5) is 0 Å². The van der Waals surface area contributed by atoms with E-state index in [1.807, 2.05) is 19.2 Å². The van der Waals surface area contributed by atoms with Gasteiger partial charge in [0.2, 0.25) is 5.24 Å². The normalized spacial score (nSPS) is 12.5. The zero-order valence-electron chi connectivity index (χ0n) is 9.20. The number of thiophene rings is 1. The summed E-state index contributed by atoms with van der Waals surface area (Å²) in [7, 11) is 0. The highest BCUT2D eigenvalue weighted by molar-refractivity contribution is 7.12. The van der Waals surface area contributed by atoms with Crippen LogP contribution in [-0.2, 0) is 4.79 Å². The van der Waals surface area contributed by atoms with Gasteiger partial charge in [-0.05, 0) is 35.4 Å². The van der Waals surface area contributed by atoms with Gasteiger partial charge < -0.3 is 5.32 Å². The van der Waals surface area contributed by atoms with Crippen molar-refractivity contribution in [2.45, 2.75) is 26.3 Å². The molecule has 5 heteroatoms. The van der Waals surface area contributed by atoms with Crippen LogP contribution in [-0.4, -0.2) is 17.2 Å². The molecule has 0 spiro atoms. The minimum atomic E-state index is -0.601. The highest BCUT2D eigenvalue weighted by Crippen LogP contribution is 2.11. The van der Waals surface area contributed by atoms with Gasteiger partial charge >= 0.3 is 0 Å². The van der Waals surface area contributed by atoms with Crippen molar-refractivity contribution in [3.05, 3.63) is 22.4 Å². The van der Waals surface area contributed by atoms with Crippen molar-refractivity contribution < 1.29 is 9.59 Å².